The molecule has 1 aliphatic carbocycles. The first kappa shape index (κ1) is 21.9. The maximum atomic E-state index is 13.4. The highest BCUT2D eigenvalue weighted by atomic mass is 19.4. The molecule has 0 aliphatic heterocycles. The summed E-state index contributed by atoms with van der Waals surface area (Å²) in [7, 11) is -0.432. The molecule has 2 unspecified atom stereocenters. The van der Waals surface area contributed by atoms with Crippen molar-refractivity contribution in [2.24, 2.45) is 5.41 Å². The van der Waals surface area contributed by atoms with Gasteiger partial charge in [0.15, 0.2) is 0 Å². The van der Waals surface area contributed by atoms with E-state index in [2.05, 4.69) is 9.47 Å². The van der Waals surface area contributed by atoms with Gasteiger partial charge in [0.2, 0.25) is 16.6 Å². The lowest BCUT2D eigenvalue weighted by Crippen LogP contribution is -2.79. The molecule has 0 heterocycles. The summed E-state index contributed by atoms with van der Waals surface area (Å²) in [4.78, 5) is 0. The molecule has 0 aromatic heterocycles. The zero-order valence-electron chi connectivity index (χ0n) is 12.0. The molecule has 2 atom stereocenters. The molecule has 0 bridgehead atoms. The zero-order valence-corrected chi connectivity index (χ0v) is 12.0. The van der Waals surface area contributed by atoms with Gasteiger partial charge in [-0.2, -0.15) is 52.7 Å². The lowest BCUT2D eigenvalue weighted by atomic mass is 9.63. The Morgan fingerprint density at radius 1 is 0.520 bits per heavy atom. The summed E-state index contributed by atoms with van der Waals surface area (Å²) in [5, 5.41) is 0. The minimum atomic E-state index is -7.13. The van der Waals surface area contributed by atoms with Crippen LogP contribution in [-0.2, 0) is 9.47 Å². The van der Waals surface area contributed by atoms with E-state index in [1.54, 1.807) is 0 Å². The Bertz CT molecular complexity index is 491. The molecule has 1 rings (SSSR count). The molecule has 0 fully saturated rings. The molecule has 0 aromatic carbocycles. The first-order valence-electron chi connectivity index (χ1n) is 5.90. The fraction of sp³-hybridized carbons (Fsp3) is 0.818. The third-order valence-corrected chi connectivity index (χ3v) is 4.00. The Hall–Kier alpha value is -1.18. The maximum absolute atomic E-state index is 13.4. The van der Waals surface area contributed by atoms with Gasteiger partial charge in [-0.25, -0.2) is 0 Å². The molecule has 0 amide bonds. The third-order valence-electron chi connectivity index (χ3n) is 4.00. The predicted octanol–water partition coefficient (Wildman–Crippen LogP) is 4.56. The number of hydrogen-bond donors (Lipinski definition) is 0. The average Bonchev–Trinajstić information content (AvgIpc) is 2.69. The molecule has 1 aliphatic rings. The van der Waals surface area contributed by atoms with Crippen molar-refractivity contribution in [1.29, 1.82) is 0 Å². The van der Waals surface area contributed by atoms with Crippen LogP contribution in [0.1, 0.15) is 0 Å². The molecule has 0 saturated carbocycles. The summed E-state index contributed by atoms with van der Waals surface area (Å²) >= 11 is 0. The van der Waals surface area contributed by atoms with E-state index in [4.69, 9.17) is 0 Å². The first-order valence-corrected chi connectivity index (χ1v) is 5.90. The number of rotatable bonds is 2. The number of alkyl halides is 12. The van der Waals surface area contributed by atoms with E-state index >= 15 is 0 Å². The fourth-order valence-electron chi connectivity index (χ4n) is 3.05. The van der Waals surface area contributed by atoms with Gasteiger partial charge in [-0.05, 0) is 12.2 Å². The summed E-state index contributed by atoms with van der Waals surface area (Å²) in [6, 6.07) is 0. The van der Waals surface area contributed by atoms with E-state index in [0.29, 0.717) is 0 Å². The molecule has 0 spiro atoms. The summed E-state index contributed by atoms with van der Waals surface area (Å²) in [6.07, 6.45) is -29.3. The quantitative estimate of drug-likeness (QED) is 0.500. The van der Waals surface area contributed by atoms with E-state index < -0.39 is 53.5 Å². The van der Waals surface area contributed by atoms with Crippen LogP contribution in [-0.4, -0.2) is 50.1 Å². The highest BCUT2D eigenvalue weighted by Gasteiger charge is 2.98. The minimum Gasteiger partial charge on any atom is -0.364 e. The van der Waals surface area contributed by atoms with E-state index in [1.165, 1.54) is 0 Å². The molecule has 0 saturated heterocycles. The van der Waals surface area contributed by atoms with Gasteiger partial charge in [0.1, 0.15) is 0 Å². The molecule has 14 heteroatoms. The molecule has 0 N–H and O–H groups in total. The van der Waals surface area contributed by atoms with Crippen LogP contribution in [0.5, 0.6) is 0 Å². The molecule has 0 radical (unpaired) electrons. The number of hydrogen-bond acceptors (Lipinski definition) is 2. The van der Waals surface area contributed by atoms with E-state index in [1.807, 2.05) is 0 Å². The first-order chi connectivity index (χ1) is 10.8. The Morgan fingerprint density at radius 2 is 0.760 bits per heavy atom. The van der Waals surface area contributed by atoms with Crippen molar-refractivity contribution < 1.29 is 62.2 Å². The SMILES string of the molecule is COC1(C(F)(F)F)C=CC(OC)(C(F)(F)F)C1(C(F)(F)F)C(F)(F)F. The zero-order chi connectivity index (χ0) is 20.3. The smallest absolute Gasteiger partial charge is 0.364 e. The minimum absolute atomic E-state index is 0.216. The van der Waals surface area contributed by atoms with Gasteiger partial charge in [0, 0.05) is 14.2 Å². The summed E-state index contributed by atoms with van der Waals surface area (Å²) in [6.45, 7) is 0. The lowest BCUT2D eigenvalue weighted by Gasteiger charge is -2.53. The number of ether oxygens (including phenoxy) is 2. The molecular weight excluding hydrogens is 392 g/mol. The highest BCUT2D eigenvalue weighted by Crippen LogP contribution is 2.73. The molecule has 148 valence electrons. The average molecular weight is 400 g/mol. The van der Waals surface area contributed by atoms with Crippen LogP contribution >= 0.6 is 0 Å². The second-order valence-corrected chi connectivity index (χ2v) is 4.95. The second-order valence-electron chi connectivity index (χ2n) is 4.95. The van der Waals surface area contributed by atoms with Crippen molar-refractivity contribution in [3.8, 4) is 0 Å². The van der Waals surface area contributed by atoms with Crippen LogP contribution in [0, 0.1) is 5.41 Å². The number of halogens is 12. The molecule has 25 heavy (non-hydrogen) atoms. The fourth-order valence-corrected chi connectivity index (χ4v) is 3.05. The molecule has 2 nitrogen and oxygen atoms in total. The van der Waals surface area contributed by atoms with E-state index in [9.17, 15) is 52.7 Å². The van der Waals surface area contributed by atoms with Crippen LogP contribution in [0.25, 0.3) is 0 Å². The maximum Gasteiger partial charge on any atom is 0.422 e. The summed E-state index contributed by atoms with van der Waals surface area (Å²) in [5.41, 5.74) is -17.4. The summed E-state index contributed by atoms with van der Waals surface area (Å²) in [5.74, 6) is 0. The van der Waals surface area contributed by atoms with Crippen LogP contribution in [0.3, 0.4) is 0 Å². The predicted molar refractivity (Wildman–Crippen MR) is 55.3 cm³/mol. The van der Waals surface area contributed by atoms with Gasteiger partial charge in [-0.1, -0.05) is 0 Å². The van der Waals surface area contributed by atoms with Gasteiger partial charge in [-0.15, -0.1) is 0 Å². The Morgan fingerprint density at radius 3 is 0.880 bits per heavy atom. The normalized spacial score (nSPS) is 30.8. The van der Waals surface area contributed by atoms with Crippen molar-refractivity contribution in [3.63, 3.8) is 0 Å². The van der Waals surface area contributed by atoms with Crippen molar-refractivity contribution in [2.75, 3.05) is 14.2 Å². The van der Waals surface area contributed by atoms with Gasteiger partial charge in [-0.3, -0.25) is 0 Å². The van der Waals surface area contributed by atoms with Crippen LogP contribution in [0.4, 0.5) is 52.7 Å². The second kappa shape index (κ2) is 5.41. The molecule has 0 aromatic rings. The summed E-state index contributed by atoms with van der Waals surface area (Å²) < 4.78 is 167. The topological polar surface area (TPSA) is 18.5 Å². The lowest BCUT2D eigenvalue weighted by molar-refractivity contribution is -0.476. The van der Waals surface area contributed by atoms with Crippen LogP contribution < -0.4 is 0 Å². The van der Waals surface area contributed by atoms with Crippen molar-refractivity contribution in [1.82, 2.24) is 0 Å². The highest BCUT2D eigenvalue weighted by molar-refractivity contribution is 5.40. The largest absolute Gasteiger partial charge is 0.422 e. The van der Waals surface area contributed by atoms with Crippen molar-refractivity contribution in [2.45, 2.75) is 35.9 Å². The van der Waals surface area contributed by atoms with Crippen molar-refractivity contribution in [3.05, 3.63) is 12.2 Å². The van der Waals surface area contributed by atoms with Crippen molar-refractivity contribution >= 4 is 0 Å². The van der Waals surface area contributed by atoms with Gasteiger partial charge < -0.3 is 9.47 Å². The Balaban J connectivity index is 4.24. The third kappa shape index (κ3) is 2.28. The van der Waals surface area contributed by atoms with Gasteiger partial charge >= 0.3 is 24.7 Å². The molecular formula is C11H8F12O2. The van der Waals surface area contributed by atoms with Crippen LogP contribution in [0.2, 0.25) is 0 Å². The van der Waals surface area contributed by atoms with Gasteiger partial charge in [0.05, 0.1) is 0 Å². The van der Waals surface area contributed by atoms with E-state index in [0.717, 1.165) is 0 Å². The monoisotopic (exact) mass is 400 g/mol. The van der Waals surface area contributed by atoms with Gasteiger partial charge in [0.25, 0.3) is 0 Å². The van der Waals surface area contributed by atoms with E-state index in [-0.39, 0.29) is 14.2 Å². The number of methoxy groups -OCH3 is 2. The Labute approximate surface area is 131 Å². The van der Waals surface area contributed by atoms with Crippen LogP contribution in [0.15, 0.2) is 12.2 Å². The Kier molecular flexibility index (Phi) is 4.73. The standard InChI is InChI=1S/C11H8F12O2/c1-24-5(8(12,13)14)3-4-6(25-2,9(15,16)17)7(5,10(18,19)20)11(21,22)23/h3-4H,1-2H3.